The van der Waals surface area contributed by atoms with Crippen LogP contribution in [0.15, 0.2) is 57.7 Å². The van der Waals surface area contributed by atoms with E-state index < -0.39 is 11.6 Å². The first-order chi connectivity index (χ1) is 11.1. The lowest BCUT2D eigenvalue weighted by Gasteiger charge is -2.08. The second-order valence-electron chi connectivity index (χ2n) is 5.09. The smallest absolute Gasteiger partial charge is 0.337 e. The summed E-state index contributed by atoms with van der Waals surface area (Å²) in [6, 6.07) is 14.0. The molecule has 1 heterocycles. The molecule has 0 fully saturated rings. The number of methoxy groups -OCH3 is 1. The second kappa shape index (κ2) is 6.06. The van der Waals surface area contributed by atoms with Crippen LogP contribution in [-0.4, -0.2) is 13.1 Å². The lowest BCUT2D eigenvalue weighted by atomic mass is 9.99. The topological polar surface area (TPSA) is 82.5 Å². The summed E-state index contributed by atoms with van der Waals surface area (Å²) >= 11 is 0. The number of ether oxygens (including phenoxy) is 1. The van der Waals surface area contributed by atoms with Gasteiger partial charge in [-0.2, -0.15) is 0 Å². The van der Waals surface area contributed by atoms with E-state index in [1.54, 1.807) is 12.1 Å². The van der Waals surface area contributed by atoms with E-state index in [0.717, 1.165) is 22.1 Å². The molecule has 2 aromatic carbocycles. The summed E-state index contributed by atoms with van der Waals surface area (Å²) in [6.07, 6.45) is 0. The van der Waals surface area contributed by atoms with Crippen LogP contribution in [0.2, 0.25) is 0 Å². The van der Waals surface area contributed by atoms with Crippen LogP contribution in [0.5, 0.6) is 0 Å². The van der Waals surface area contributed by atoms with E-state index in [1.807, 2.05) is 24.3 Å². The molecule has 0 atom stereocenters. The highest BCUT2D eigenvalue weighted by molar-refractivity contribution is 5.98. The number of carbonyl (C=O) groups excluding carboxylic acids is 1. The molecule has 1 aromatic heterocycles. The van der Waals surface area contributed by atoms with Gasteiger partial charge in [-0.05, 0) is 41.0 Å². The third-order valence-electron chi connectivity index (χ3n) is 3.64. The van der Waals surface area contributed by atoms with Gasteiger partial charge in [0.1, 0.15) is 5.58 Å². The van der Waals surface area contributed by atoms with E-state index in [4.69, 9.17) is 10.2 Å². The van der Waals surface area contributed by atoms with Crippen LogP contribution < -0.4 is 11.4 Å². The molecule has 5 nitrogen and oxygen atoms in total. The monoisotopic (exact) mass is 309 g/mol. The zero-order chi connectivity index (χ0) is 16.4. The molecular formula is C18H15NO4. The van der Waals surface area contributed by atoms with Crippen molar-refractivity contribution in [3.05, 3.63) is 70.1 Å². The maximum absolute atomic E-state index is 11.9. The van der Waals surface area contributed by atoms with E-state index in [1.165, 1.54) is 19.2 Å². The van der Waals surface area contributed by atoms with Crippen molar-refractivity contribution in [1.82, 2.24) is 0 Å². The normalized spacial score (nSPS) is 10.7. The number of esters is 1. The molecule has 0 spiro atoms. The molecule has 0 aliphatic heterocycles. The molecule has 5 heteroatoms. The van der Waals surface area contributed by atoms with Gasteiger partial charge in [-0.1, -0.05) is 18.2 Å². The van der Waals surface area contributed by atoms with Crippen LogP contribution >= 0.6 is 0 Å². The number of benzene rings is 2. The van der Waals surface area contributed by atoms with Crippen LogP contribution in [0.3, 0.4) is 0 Å². The number of hydrogen-bond donors (Lipinski definition) is 1. The van der Waals surface area contributed by atoms with Crippen LogP contribution in [0.4, 0.5) is 0 Å². The van der Waals surface area contributed by atoms with E-state index >= 15 is 0 Å². The fourth-order valence-electron chi connectivity index (χ4n) is 2.51. The van der Waals surface area contributed by atoms with Crippen LogP contribution in [0, 0.1) is 0 Å². The highest BCUT2D eigenvalue weighted by Crippen LogP contribution is 2.28. The Hall–Kier alpha value is -2.92. The molecule has 3 aromatic rings. The minimum absolute atomic E-state index is 0.330. The van der Waals surface area contributed by atoms with Gasteiger partial charge in [-0.15, -0.1) is 0 Å². The van der Waals surface area contributed by atoms with Gasteiger partial charge in [0.05, 0.1) is 12.7 Å². The Morgan fingerprint density at radius 3 is 2.74 bits per heavy atom. The van der Waals surface area contributed by atoms with Crippen LogP contribution in [-0.2, 0) is 11.3 Å². The standard InChI is InChI=1S/C18H15NO4/c1-22-18(21)13-5-6-14-15(9-17(20)23-16(14)8-13)12-4-2-3-11(7-12)10-19/h2-9H,10,19H2,1H3. The number of fused-ring (bicyclic) bond motifs is 1. The summed E-state index contributed by atoms with van der Waals surface area (Å²) in [6.45, 7) is 0.416. The maximum atomic E-state index is 11.9. The van der Waals surface area contributed by atoms with Gasteiger partial charge in [0.2, 0.25) is 0 Å². The minimum atomic E-state index is -0.481. The molecule has 116 valence electrons. The summed E-state index contributed by atoms with van der Waals surface area (Å²) < 4.78 is 9.92. The zero-order valence-electron chi connectivity index (χ0n) is 12.5. The quantitative estimate of drug-likeness (QED) is 0.594. The summed E-state index contributed by atoms with van der Waals surface area (Å²) in [5, 5.41) is 0.742. The molecule has 0 aliphatic rings. The molecular weight excluding hydrogens is 294 g/mol. The third-order valence-corrected chi connectivity index (χ3v) is 3.64. The lowest BCUT2D eigenvalue weighted by Crippen LogP contribution is -2.03. The number of hydrogen-bond acceptors (Lipinski definition) is 5. The molecule has 0 bridgehead atoms. The van der Waals surface area contributed by atoms with Gasteiger partial charge < -0.3 is 14.9 Å². The largest absolute Gasteiger partial charge is 0.465 e. The Labute approximate surface area is 132 Å². The SMILES string of the molecule is COC(=O)c1ccc2c(-c3cccc(CN)c3)cc(=O)oc2c1. The second-order valence-corrected chi connectivity index (χ2v) is 5.09. The van der Waals surface area contributed by atoms with Crippen molar-refractivity contribution in [1.29, 1.82) is 0 Å². The molecule has 0 unspecified atom stereocenters. The summed E-state index contributed by atoms with van der Waals surface area (Å²) in [5.74, 6) is -0.481. The van der Waals surface area contributed by atoms with Gasteiger partial charge in [0.25, 0.3) is 0 Å². The fourth-order valence-corrected chi connectivity index (χ4v) is 2.51. The Balaban J connectivity index is 2.24. The molecule has 2 N–H and O–H groups in total. The first-order valence-corrected chi connectivity index (χ1v) is 7.08. The van der Waals surface area contributed by atoms with Crippen molar-refractivity contribution in [2.75, 3.05) is 7.11 Å². The predicted molar refractivity (Wildman–Crippen MR) is 87.2 cm³/mol. The molecule has 0 aliphatic carbocycles. The zero-order valence-corrected chi connectivity index (χ0v) is 12.5. The van der Waals surface area contributed by atoms with Crippen molar-refractivity contribution >= 4 is 16.9 Å². The fraction of sp³-hybridized carbons (Fsp3) is 0.111. The van der Waals surface area contributed by atoms with Crippen molar-refractivity contribution in [3.63, 3.8) is 0 Å². The summed E-state index contributed by atoms with van der Waals surface area (Å²) in [7, 11) is 1.30. The predicted octanol–water partition coefficient (Wildman–Crippen LogP) is 2.71. The number of rotatable bonds is 3. The summed E-state index contributed by atoms with van der Waals surface area (Å²) in [5.41, 5.74) is 8.45. The third kappa shape index (κ3) is 2.86. The average molecular weight is 309 g/mol. The van der Waals surface area contributed by atoms with E-state index in [2.05, 4.69) is 4.74 Å². The highest BCUT2D eigenvalue weighted by atomic mass is 16.5. The van der Waals surface area contributed by atoms with Crippen LogP contribution in [0.1, 0.15) is 15.9 Å². The van der Waals surface area contributed by atoms with E-state index in [0.29, 0.717) is 17.7 Å². The number of nitrogens with two attached hydrogens (primary N) is 1. The molecule has 0 saturated carbocycles. The maximum Gasteiger partial charge on any atom is 0.337 e. The molecule has 0 amide bonds. The highest BCUT2D eigenvalue weighted by Gasteiger charge is 2.12. The van der Waals surface area contributed by atoms with Gasteiger partial charge in [-0.3, -0.25) is 0 Å². The summed E-state index contributed by atoms with van der Waals surface area (Å²) in [4.78, 5) is 23.5. The Morgan fingerprint density at radius 1 is 1.17 bits per heavy atom. The van der Waals surface area contributed by atoms with E-state index in [9.17, 15) is 9.59 Å². The van der Waals surface area contributed by atoms with Gasteiger partial charge >= 0.3 is 11.6 Å². The molecule has 0 saturated heterocycles. The van der Waals surface area contributed by atoms with Gasteiger partial charge in [0, 0.05) is 18.0 Å². The van der Waals surface area contributed by atoms with Crippen molar-refractivity contribution < 1.29 is 13.9 Å². The Kier molecular flexibility index (Phi) is 3.95. The average Bonchev–Trinajstić information content (AvgIpc) is 2.59. The Bertz CT molecular complexity index is 943. The molecule has 3 rings (SSSR count). The van der Waals surface area contributed by atoms with Gasteiger partial charge in [0.15, 0.2) is 0 Å². The van der Waals surface area contributed by atoms with E-state index in [-0.39, 0.29) is 0 Å². The first-order valence-electron chi connectivity index (χ1n) is 7.08. The van der Waals surface area contributed by atoms with Crippen LogP contribution in [0.25, 0.3) is 22.1 Å². The Morgan fingerprint density at radius 2 is 2.00 bits per heavy atom. The van der Waals surface area contributed by atoms with Crippen molar-refractivity contribution in [3.8, 4) is 11.1 Å². The number of carbonyl (C=O) groups is 1. The van der Waals surface area contributed by atoms with Crippen molar-refractivity contribution in [2.24, 2.45) is 5.73 Å². The minimum Gasteiger partial charge on any atom is -0.465 e. The molecule has 0 radical (unpaired) electrons. The first kappa shape index (κ1) is 15.0. The molecule has 23 heavy (non-hydrogen) atoms. The van der Waals surface area contributed by atoms with Gasteiger partial charge in [-0.25, -0.2) is 9.59 Å². The van der Waals surface area contributed by atoms with Crippen molar-refractivity contribution in [2.45, 2.75) is 6.54 Å². The lowest BCUT2D eigenvalue weighted by molar-refractivity contribution is 0.0600.